The molecule has 1 amide bonds. The van der Waals surface area contributed by atoms with Gasteiger partial charge in [-0.1, -0.05) is 32.0 Å². The number of amides is 1. The zero-order valence-corrected chi connectivity index (χ0v) is 23.2. The topological polar surface area (TPSA) is 85.2 Å². The van der Waals surface area contributed by atoms with Gasteiger partial charge in [0.2, 0.25) is 5.91 Å². The van der Waals surface area contributed by atoms with Crippen LogP contribution < -0.4 is 10.9 Å². The van der Waals surface area contributed by atoms with Crippen molar-refractivity contribution in [3.8, 4) is 0 Å². The van der Waals surface area contributed by atoms with Gasteiger partial charge in [-0.2, -0.15) is 0 Å². The van der Waals surface area contributed by atoms with Crippen LogP contribution in [-0.2, 0) is 21.2 Å². The molecule has 0 spiro atoms. The molecular formula is C31H36N2O4S. The van der Waals surface area contributed by atoms with Crippen molar-refractivity contribution in [2.75, 3.05) is 11.6 Å². The first-order chi connectivity index (χ1) is 17.8. The lowest BCUT2D eigenvalue weighted by Crippen LogP contribution is -2.55. The van der Waals surface area contributed by atoms with E-state index in [4.69, 9.17) is 0 Å². The van der Waals surface area contributed by atoms with Crippen LogP contribution in [0.5, 0.6) is 0 Å². The van der Waals surface area contributed by atoms with E-state index in [1.165, 1.54) is 25.5 Å². The molecule has 2 aromatic carbocycles. The second-order valence-electron chi connectivity index (χ2n) is 13.3. The zero-order valence-electron chi connectivity index (χ0n) is 22.4. The largest absolute Gasteiger partial charge is 0.325 e. The number of rotatable bonds is 6. The number of nitrogens with zero attached hydrogens (tertiary/aromatic N) is 1. The summed E-state index contributed by atoms with van der Waals surface area (Å²) < 4.78 is 25.1. The molecule has 1 heterocycles. The third-order valence-corrected chi connectivity index (χ3v) is 10.4. The maximum atomic E-state index is 13.4. The second-order valence-corrected chi connectivity index (χ2v) is 15.3. The number of sulfone groups is 1. The molecule has 4 aliphatic carbocycles. The van der Waals surface area contributed by atoms with Gasteiger partial charge in [0.25, 0.3) is 5.56 Å². The van der Waals surface area contributed by atoms with Gasteiger partial charge in [0, 0.05) is 35.3 Å². The Morgan fingerprint density at radius 2 is 1.63 bits per heavy atom. The van der Waals surface area contributed by atoms with E-state index < -0.39 is 9.84 Å². The van der Waals surface area contributed by atoms with Gasteiger partial charge in [0.15, 0.2) is 9.84 Å². The second kappa shape index (κ2) is 8.54. The minimum absolute atomic E-state index is 0.0433. The SMILES string of the molecule is CC12CC3CC(C)(C1)CC(CC(=O)Nc1cccc4c(=O)n(Cc5ccc(S(C)(=O)=O)cc5)ccc14)(C3)C2. The Morgan fingerprint density at radius 3 is 2.26 bits per heavy atom. The first kappa shape index (κ1) is 25.4. The highest BCUT2D eigenvalue weighted by molar-refractivity contribution is 7.90. The number of carbonyl (C=O) groups excluding carboxylic acids is 1. The number of carbonyl (C=O) groups is 1. The van der Waals surface area contributed by atoms with Gasteiger partial charge >= 0.3 is 0 Å². The minimum Gasteiger partial charge on any atom is -0.325 e. The van der Waals surface area contributed by atoms with E-state index in [1.54, 1.807) is 41.1 Å². The van der Waals surface area contributed by atoms with Crippen molar-refractivity contribution in [2.45, 2.75) is 70.2 Å². The van der Waals surface area contributed by atoms with Crippen LogP contribution in [0, 0.1) is 22.2 Å². The van der Waals surface area contributed by atoms with Crippen LogP contribution in [0.4, 0.5) is 5.69 Å². The Morgan fingerprint density at radius 1 is 0.947 bits per heavy atom. The summed E-state index contributed by atoms with van der Waals surface area (Å²) in [4.78, 5) is 27.0. The molecule has 2 unspecified atom stereocenters. The highest BCUT2D eigenvalue weighted by Crippen LogP contribution is 2.70. The van der Waals surface area contributed by atoms with Crippen LogP contribution in [0.25, 0.3) is 10.8 Å². The van der Waals surface area contributed by atoms with Gasteiger partial charge < -0.3 is 9.88 Å². The third-order valence-electron chi connectivity index (χ3n) is 9.27. The summed E-state index contributed by atoms with van der Waals surface area (Å²) in [7, 11) is -3.27. The minimum atomic E-state index is -3.27. The van der Waals surface area contributed by atoms with Gasteiger partial charge in [-0.05, 0) is 96.6 Å². The zero-order chi connectivity index (χ0) is 26.9. The highest BCUT2D eigenvalue weighted by Gasteiger charge is 2.60. The summed E-state index contributed by atoms with van der Waals surface area (Å²) in [6.07, 6.45) is 10.8. The molecule has 6 nitrogen and oxygen atoms in total. The molecule has 38 heavy (non-hydrogen) atoms. The lowest BCUT2D eigenvalue weighted by molar-refractivity contribution is -0.153. The maximum Gasteiger partial charge on any atom is 0.258 e. The summed E-state index contributed by atoms with van der Waals surface area (Å²) in [5.74, 6) is 0.787. The molecule has 0 radical (unpaired) electrons. The van der Waals surface area contributed by atoms with Gasteiger partial charge in [-0.15, -0.1) is 0 Å². The van der Waals surface area contributed by atoms with Crippen LogP contribution in [0.3, 0.4) is 0 Å². The number of aromatic nitrogens is 1. The molecule has 0 saturated heterocycles. The van der Waals surface area contributed by atoms with Crippen molar-refractivity contribution in [2.24, 2.45) is 22.2 Å². The van der Waals surface area contributed by atoms with E-state index >= 15 is 0 Å². The highest BCUT2D eigenvalue weighted by atomic mass is 32.2. The van der Waals surface area contributed by atoms with Crippen LogP contribution in [0.1, 0.15) is 64.4 Å². The molecule has 7 heteroatoms. The molecule has 200 valence electrons. The lowest BCUT2D eigenvalue weighted by atomic mass is 9.40. The molecule has 2 atom stereocenters. The van der Waals surface area contributed by atoms with E-state index in [9.17, 15) is 18.0 Å². The maximum absolute atomic E-state index is 13.4. The fraction of sp³-hybridized carbons (Fsp3) is 0.484. The standard InChI is InChI=1S/C31H36N2O4S/c1-29-13-22-14-30(2,18-29)20-31(15-22,19-29)16-27(34)32-26-6-4-5-25-24(26)11-12-33(28(25)35)17-21-7-9-23(10-8-21)38(3,36)37/h4-12,22H,13-20H2,1-3H3,(H,32,34). The summed E-state index contributed by atoms with van der Waals surface area (Å²) in [5.41, 5.74) is 2.19. The van der Waals surface area contributed by atoms with Crippen molar-refractivity contribution in [1.82, 2.24) is 4.57 Å². The van der Waals surface area contributed by atoms with Crippen LogP contribution in [0.15, 0.2) is 64.4 Å². The number of pyridine rings is 1. The van der Waals surface area contributed by atoms with E-state index in [1.807, 2.05) is 18.2 Å². The number of hydrogen-bond donors (Lipinski definition) is 1. The molecule has 4 fully saturated rings. The predicted molar refractivity (Wildman–Crippen MR) is 150 cm³/mol. The van der Waals surface area contributed by atoms with Crippen molar-refractivity contribution in [1.29, 1.82) is 0 Å². The van der Waals surface area contributed by atoms with Crippen molar-refractivity contribution >= 4 is 32.2 Å². The van der Waals surface area contributed by atoms with Gasteiger partial charge in [0.1, 0.15) is 0 Å². The molecule has 4 bridgehead atoms. The first-order valence-electron chi connectivity index (χ1n) is 13.6. The Bertz CT molecular complexity index is 1590. The molecule has 0 aliphatic heterocycles. The number of fused-ring (bicyclic) bond motifs is 1. The number of hydrogen-bond acceptors (Lipinski definition) is 4. The first-order valence-corrected chi connectivity index (χ1v) is 15.4. The Labute approximate surface area is 224 Å². The van der Waals surface area contributed by atoms with Crippen molar-refractivity contribution in [3.63, 3.8) is 0 Å². The van der Waals surface area contributed by atoms with Crippen LogP contribution in [0.2, 0.25) is 0 Å². The smallest absolute Gasteiger partial charge is 0.258 e. The number of benzene rings is 2. The van der Waals surface area contributed by atoms with Gasteiger partial charge in [-0.25, -0.2) is 8.42 Å². The number of anilines is 1. The number of nitrogens with one attached hydrogen (secondary N) is 1. The predicted octanol–water partition coefficient (Wildman–Crippen LogP) is 5.78. The average molecular weight is 533 g/mol. The normalized spacial score (nSPS) is 30.0. The van der Waals surface area contributed by atoms with Crippen molar-refractivity contribution in [3.05, 3.63) is 70.6 Å². The van der Waals surface area contributed by atoms with E-state index in [-0.39, 0.29) is 21.8 Å². The lowest BCUT2D eigenvalue weighted by Gasteiger charge is -2.65. The fourth-order valence-corrected chi connectivity index (χ4v) is 9.64. The molecule has 1 N–H and O–H groups in total. The quantitative estimate of drug-likeness (QED) is 0.436. The molecular weight excluding hydrogens is 496 g/mol. The summed E-state index contributed by atoms with van der Waals surface area (Å²) in [6, 6.07) is 13.9. The summed E-state index contributed by atoms with van der Waals surface area (Å²) in [6.45, 7) is 5.19. The van der Waals surface area contributed by atoms with Gasteiger partial charge in [0.05, 0.1) is 11.4 Å². The van der Waals surface area contributed by atoms with E-state index in [2.05, 4.69) is 19.2 Å². The fourth-order valence-electron chi connectivity index (χ4n) is 9.01. The monoisotopic (exact) mass is 532 g/mol. The summed E-state index contributed by atoms with van der Waals surface area (Å²) in [5, 5.41) is 4.44. The third kappa shape index (κ3) is 4.59. The van der Waals surface area contributed by atoms with E-state index in [0.29, 0.717) is 34.9 Å². The Balaban J connectivity index is 1.22. The van der Waals surface area contributed by atoms with Crippen molar-refractivity contribution < 1.29 is 13.2 Å². The molecule has 7 rings (SSSR count). The van der Waals surface area contributed by atoms with Gasteiger partial charge in [-0.3, -0.25) is 9.59 Å². The van der Waals surface area contributed by atoms with Crippen LogP contribution >= 0.6 is 0 Å². The molecule has 3 aromatic rings. The Kier molecular flexibility index (Phi) is 5.69. The van der Waals surface area contributed by atoms with E-state index in [0.717, 1.165) is 36.1 Å². The average Bonchev–Trinajstić information content (AvgIpc) is 2.78. The molecule has 4 saturated carbocycles. The summed E-state index contributed by atoms with van der Waals surface area (Å²) >= 11 is 0. The molecule has 1 aromatic heterocycles. The van der Waals surface area contributed by atoms with Crippen LogP contribution in [-0.4, -0.2) is 25.1 Å². The Hall–Kier alpha value is -2.93. The molecule has 4 aliphatic rings.